The molecule has 1 unspecified atom stereocenters. The zero-order chi connectivity index (χ0) is 17.2. The Balaban J connectivity index is 1.67. The van der Waals surface area contributed by atoms with E-state index in [1.165, 1.54) is 0 Å². The van der Waals surface area contributed by atoms with Crippen LogP contribution in [0, 0.1) is 6.92 Å². The van der Waals surface area contributed by atoms with Crippen molar-refractivity contribution in [3.63, 3.8) is 0 Å². The Labute approximate surface area is 140 Å². The molecule has 2 aromatic rings. The van der Waals surface area contributed by atoms with Crippen LogP contribution in [0.4, 0.5) is 0 Å². The third-order valence-electron chi connectivity index (χ3n) is 3.67. The van der Waals surface area contributed by atoms with Gasteiger partial charge in [0.2, 0.25) is 5.89 Å². The van der Waals surface area contributed by atoms with Gasteiger partial charge in [-0.1, -0.05) is 23.4 Å². The van der Waals surface area contributed by atoms with Crippen molar-refractivity contribution < 1.29 is 18.8 Å². The number of aryl methyl sites for hydroxylation is 1. The molecule has 128 valence electrons. The first-order valence-corrected chi connectivity index (χ1v) is 7.88. The lowest BCUT2D eigenvalue weighted by Gasteiger charge is -2.42. The molecule has 24 heavy (non-hydrogen) atoms. The molecule has 1 amide bonds. The van der Waals surface area contributed by atoms with Crippen LogP contribution in [0.2, 0.25) is 0 Å². The predicted octanol–water partition coefficient (Wildman–Crippen LogP) is 2.08. The van der Waals surface area contributed by atoms with E-state index in [1.807, 2.05) is 44.2 Å². The van der Waals surface area contributed by atoms with Crippen molar-refractivity contribution in [1.82, 2.24) is 15.0 Å². The summed E-state index contributed by atoms with van der Waals surface area (Å²) < 4.78 is 16.7. The summed E-state index contributed by atoms with van der Waals surface area (Å²) >= 11 is 0. The lowest BCUT2D eigenvalue weighted by Crippen LogP contribution is -2.56. The molecule has 1 aliphatic heterocycles. The van der Waals surface area contributed by atoms with Crippen molar-refractivity contribution in [1.29, 1.82) is 0 Å². The van der Waals surface area contributed by atoms with Crippen LogP contribution >= 0.6 is 0 Å². The molecule has 3 rings (SSSR count). The van der Waals surface area contributed by atoms with E-state index in [0.717, 1.165) is 5.75 Å². The van der Waals surface area contributed by atoms with Crippen LogP contribution in [0.3, 0.4) is 0 Å². The normalized spacial score (nSPS) is 20.0. The average molecular weight is 331 g/mol. The summed E-state index contributed by atoms with van der Waals surface area (Å²) in [4.78, 5) is 18.3. The molecule has 0 saturated carbocycles. The number of rotatable bonds is 4. The monoisotopic (exact) mass is 331 g/mol. The maximum atomic E-state index is 12.6. The highest BCUT2D eigenvalue weighted by atomic mass is 16.6. The van der Waals surface area contributed by atoms with E-state index in [9.17, 15) is 4.79 Å². The number of aromatic nitrogens is 2. The molecule has 0 spiro atoms. The summed E-state index contributed by atoms with van der Waals surface area (Å²) in [5, 5.41) is 3.71. The summed E-state index contributed by atoms with van der Waals surface area (Å²) in [6.07, 6.45) is -0.231. The molecule has 1 saturated heterocycles. The van der Waals surface area contributed by atoms with Crippen LogP contribution in [0.15, 0.2) is 34.9 Å². The summed E-state index contributed by atoms with van der Waals surface area (Å²) in [6, 6.07) is 9.53. The molecule has 2 heterocycles. The van der Waals surface area contributed by atoms with E-state index < -0.39 is 5.60 Å². The number of carbonyl (C=O) groups is 1. The van der Waals surface area contributed by atoms with Crippen LogP contribution in [-0.2, 0) is 4.74 Å². The van der Waals surface area contributed by atoms with Crippen LogP contribution in [0.5, 0.6) is 5.75 Å². The minimum Gasteiger partial charge on any atom is -0.491 e. The minimum absolute atomic E-state index is 0.0768. The molecular formula is C17H21N3O4. The smallest absolute Gasteiger partial charge is 0.295 e. The van der Waals surface area contributed by atoms with E-state index in [1.54, 1.807) is 11.8 Å². The Kier molecular flexibility index (Phi) is 4.53. The van der Waals surface area contributed by atoms with Crippen LogP contribution < -0.4 is 4.74 Å². The maximum absolute atomic E-state index is 12.6. The molecular weight excluding hydrogens is 310 g/mol. The average Bonchev–Trinajstić information content (AvgIpc) is 2.98. The van der Waals surface area contributed by atoms with E-state index >= 15 is 0 Å². The number of carbonyl (C=O) groups excluding carboxylic acids is 1. The number of nitrogens with zero attached hydrogens (tertiary/aromatic N) is 3. The van der Waals surface area contributed by atoms with Gasteiger partial charge in [0.1, 0.15) is 18.5 Å². The van der Waals surface area contributed by atoms with Crippen LogP contribution in [0.25, 0.3) is 0 Å². The molecule has 0 radical (unpaired) electrons. The van der Waals surface area contributed by atoms with Gasteiger partial charge < -0.3 is 18.9 Å². The molecule has 7 heteroatoms. The molecule has 1 atom stereocenters. The van der Waals surface area contributed by atoms with Gasteiger partial charge in [-0.2, -0.15) is 4.98 Å². The summed E-state index contributed by atoms with van der Waals surface area (Å²) in [6.45, 7) is 6.79. The van der Waals surface area contributed by atoms with Crippen molar-refractivity contribution in [3.8, 4) is 5.75 Å². The fourth-order valence-electron chi connectivity index (χ4n) is 2.77. The number of amides is 1. The molecule has 0 N–H and O–H groups in total. The van der Waals surface area contributed by atoms with Crippen LogP contribution in [0.1, 0.15) is 30.4 Å². The predicted molar refractivity (Wildman–Crippen MR) is 85.8 cm³/mol. The number of morpholine rings is 1. The van der Waals surface area contributed by atoms with Gasteiger partial charge >= 0.3 is 0 Å². The first kappa shape index (κ1) is 16.4. The first-order valence-electron chi connectivity index (χ1n) is 7.88. The Bertz CT molecular complexity index is 699. The SMILES string of the molecule is Cc1nc(C(=O)N2CC(COc3ccccc3)OC(C)(C)C2)no1. The molecule has 0 bridgehead atoms. The van der Waals surface area contributed by atoms with Gasteiger partial charge in [-0.05, 0) is 26.0 Å². The molecule has 1 aromatic heterocycles. The second kappa shape index (κ2) is 6.60. The number of hydrogen-bond donors (Lipinski definition) is 0. The quantitative estimate of drug-likeness (QED) is 0.853. The van der Waals surface area contributed by atoms with Gasteiger partial charge in [-0.15, -0.1) is 0 Å². The maximum Gasteiger partial charge on any atom is 0.295 e. The molecule has 1 fully saturated rings. The van der Waals surface area contributed by atoms with Crippen molar-refractivity contribution >= 4 is 5.91 Å². The van der Waals surface area contributed by atoms with Gasteiger partial charge in [0.25, 0.3) is 11.7 Å². The Morgan fingerprint density at radius 1 is 1.38 bits per heavy atom. The van der Waals surface area contributed by atoms with Gasteiger partial charge in [-0.3, -0.25) is 4.79 Å². The van der Waals surface area contributed by atoms with Crippen molar-refractivity contribution in [2.45, 2.75) is 32.5 Å². The highest BCUT2D eigenvalue weighted by molar-refractivity contribution is 5.90. The van der Waals surface area contributed by atoms with E-state index in [4.69, 9.17) is 14.0 Å². The van der Waals surface area contributed by atoms with Gasteiger partial charge in [0.15, 0.2) is 0 Å². The Morgan fingerprint density at radius 3 is 2.79 bits per heavy atom. The summed E-state index contributed by atoms with van der Waals surface area (Å²) in [7, 11) is 0. The Hall–Kier alpha value is -2.41. The number of benzene rings is 1. The zero-order valence-electron chi connectivity index (χ0n) is 14.1. The highest BCUT2D eigenvalue weighted by Crippen LogP contribution is 2.23. The lowest BCUT2D eigenvalue weighted by atomic mass is 10.1. The first-order chi connectivity index (χ1) is 11.4. The van der Waals surface area contributed by atoms with E-state index in [-0.39, 0.29) is 17.8 Å². The second-order valence-corrected chi connectivity index (χ2v) is 6.45. The minimum atomic E-state index is -0.475. The van der Waals surface area contributed by atoms with E-state index in [0.29, 0.717) is 25.6 Å². The standard InChI is InChI=1S/C17H21N3O4/c1-12-18-15(19-24-12)16(21)20-9-14(23-17(2,3)11-20)10-22-13-7-5-4-6-8-13/h4-8,14H,9-11H2,1-3H3. The number of ether oxygens (including phenoxy) is 2. The van der Waals surface area contributed by atoms with Crippen molar-refractivity contribution in [2.75, 3.05) is 19.7 Å². The van der Waals surface area contributed by atoms with Crippen LogP contribution in [-0.4, -0.2) is 52.3 Å². The molecule has 1 aliphatic rings. The molecule has 1 aromatic carbocycles. The van der Waals surface area contributed by atoms with Gasteiger partial charge in [0.05, 0.1) is 12.1 Å². The van der Waals surface area contributed by atoms with Gasteiger partial charge in [0, 0.05) is 13.5 Å². The zero-order valence-corrected chi connectivity index (χ0v) is 14.1. The highest BCUT2D eigenvalue weighted by Gasteiger charge is 2.37. The topological polar surface area (TPSA) is 77.7 Å². The lowest BCUT2D eigenvalue weighted by molar-refractivity contribution is -0.136. The Morgan fingerprint density at radius 2 is 2.12 bits per heavy atom. The fraction of sp³-hybridized carbons (Fsp3) is 0.471. The summed E-state index contributed by atoms with van der Waals surface area (Å²) in [5.74, 6) is 0.965. The van der Waals surface area contributed by atoms with Crippen molar-refractivity contribution in [2.24, 2.45) is 0 Å². The van der Waals surface area contributed by atoms with Gasteiger partial charge in [-0.25, -0.2) is 0 Å². The third-order valence-corrected chi connectivity index (χ3v) is 3.67. The second-order valence-electron chi connectivity index (χ2n) is 6.45. The molecule has 0 aliphatic carbocycles. The summed E-state index contributed by atoms with van der Waals surface area (Å²) in [5.41, 5.74) is -0.475. The number of hydrogen-bond acceptors (Lipinski definition) is 6. The largest absolute Gasteiger partial charge is 0.491 e. The third kappa shape index (κ3) is 3.91. The fourth-order valence-corrected chi connectivity index (χ4v) is 2.77. The molecule has 7 nitrogen and oxygen atoms in total. The van der Waals surface area contributed by atoms with E-state index in [2.05, 4.69) is 10.1 Å². The number of para-hydroxylation sites is 1. The van der Waals surface area contributed by atoms with Crippen molar-refractivity contribution in [3.05, 3.63) is 42.0 Å².